The third kappa shape index (κ3) is 3.31. The molecule has 0 radical (unpaired) electrons. The molecule has 28 heavy (non-hydrogen) atoms. The van der Waals surface area contributed by atoms with Gasteiger partial charge in [0, 0.05) is 18.5 Å². The zero-order valence-electron chi connectivity index (χ0n) is 15.3. The van der Waals surface area contributed by atoms with Gasteiger partial charge in [-0.2, -0.15) is 0 Å². The van der Waals surface area contributed by atoms with Crippen LogP contribution in [-0.2, 0) is 10.0 Å². The summed E-state index contributed by atoms with van der Waals surface area (Å²) in [5, 5.41) is 0.705. The fraction of sp³-hybridized carbons (Fsp3) is 0.250. The van der Waals surface area contributed by atoms with Crippen molar-refractivity contribution in [3.05, 3.63) is 59.0 Å². The molecule has 146 valence electrons. The first-order chi connectivity index (χ1) is 13.5. The highest BCUT2D eigenvalue weighted by Crippen LogP contribution is 2.35. The van der Waals surface area contributed by atoms with E-state index in [0.717, 1.165) is 25.9 Å². The second-order valence-electron chi connectivity index (χ2n) is 6.58. The van der Waals surface area contributed by atoms with E-state index in [0.29, 0.717) is 22.4 Å². The molecule has 0 atom stereocenters. The molecule has 2 aromatic carbocycles. The minimum absolute atomic E-state index is 0.0354. The number of methoxy groups -OCH3 is 1. The average Bonchev–Trinajstić information content (AvgIpc) is 3.23. The summed E-state index contributed by atoms with van der Waals surface area (Å²) in [4.78, 5) is 14.7. The first-order valence-electron chi connectivity index (χ1n) is 8.97. The van der Waals surface area contributed by atoms with Crippen LogP contribution in [0.3, 0.4) is 0 Å². The van der Waals surface area contributed by atoms with Crippen molar-refractivity contribution in [2.45, 2.75) is 17.7 Å². The first-order valence-corrected chi connectivity index (χ1v) is 10.5. The fourth-order valence-electron chi connectivity index (χ4n) is 3.44. The highest BCUT2D eigenvalue weighted by Gasteiger charge is 2.26. The van der Waals surface area contributed by atoms with Crippen LogP contribution in [-0.4, -0.2) is 28.6 Å². The van der Waals surface area contributed by atoms with E-state index in [2.05, 4.69) is 4.72 Å². The van der Waals surface area contributed by atoms with Crippen LogP contribution in [0.2, 0.25) is 0 Å². The summed E-state index contributed by atoms with van der Waals surface area (Å²) in [6.07, 6.45) is 1.97. The minimum atomic E-state index is -3.97. The number of anilines is 2. The predicted molar refractivity (Wildman–Crippen MR) is 108 cm³/mol. The quantitative estimate of drug-likeness (QED) is 0.662. The van der Waals surface area contributed by atoms with Gasteiger partial charge < -0.3 is 14.1 Å². The van der Waals surface area contributed by atoms with E-state index in [1.165, 1.54) is 19.2 Å². The molecule has 1 aromatic heterocycles. The van der Waals surface area contributed by atoms with Crippen molar-refractivity contribution in [1.29, 1.82) is 0 Å². The van der Waals surface area contributed by atoms with Crippen LogP contribution in [0.5, 0.6) is 5.75 Å². The lowest BCUT2D eigenvalue weighted by molar-refractivity contribution is 0.414. The Morgan fingerprint density at radius 2 is 1.71 bits per heavy atom. The Labute approximate surface area is 162 Å². The maximum Gasteiger partial charge on any atom is 0.363 e. The molecule has 0 aliphatic carbocycles. The number of para-hydroxylation sites is 1. The molecule has 1 aliphatic rings. The van der Waals surface area contributed by atoms with Crippen molar-refractivity contribution in [1.82, 2.24) is 0 Å². The van der Waals surface area contributed by atoms with E-state index in [-0.39, 0.29) is 10.6 Å². The second kappa shape index (κ2) is 7.20. The summed E-state index contributed by atoms with van der Waals surface area (Å²) >= 11 is 0. The Morgan fingerprint density at radius 3 is 2.39 bits per heavy atom. The topological polar surface area (TPSA) is 88.8 Å². The Balaban J connectivity index is 1.84. The van der Waals surface area contributed by atoms with Crippen molar-refractivity contribution >= 4 is 32.4 Å². The van der Waals surface area contributed by atoms with Crippen molar-refractivity contribution in [3.63, 3.8) is 0 Å². The van der Waals surface area contributed by atoms with Gasteiger partial charge in [-0.3, -0.25) is 4.72 Å². The van der Waals surface area contributed by atoms with Gasteiger partial charge in [0.2, 0.25) is 0 Å². The lowest BCUT2D eigenvalue weighted by atomic mass is 10.1. The number of benzene rings is 2. The third-order valence-corrected chi connectivity index (χ3v) is 6.18. The number of rotatable bonds is 5. The van der Waals surface area contributed by atoms with Gasteiger partial charge in [-0.05, 0) is 49.2 Å². The highest BCUT2D eigenvalue weighted by molar-refractivity contribution is 7.92. The number of nitrogens with one attached hydrogen (secondary N) is 1. The Hall–Kier alpha value is -3.00. The molecular weight excluding hydrogens is 380 g/mol. The molecule has 1 saturated heterocycles. The minimum Gasteiger partial charge on any atom is -0.497 e. The normalized spacial score (nSPS) is 14.4. The molecule has 1 aliphatic heterocycles. The van der Waals surface area contributed by atoms with Crippen molar-refractivity contribution in [2.75, 3.05) is 29.8 Å². The van der Waals surface area contributed by atoms with Gasteiger partial charge in [-0.25, -0.2) is 13.2 Å². The molecule has 1 fully saturated rings. The number of fused-ring (bicyclic) bond motifs is 1. The highest BCUT2D eigenvalue weighted by atomic mass is 32.2. The number of hydrogen-bond acceptors (Lipinski definition) is 6. The lowest BCUT2D eigenvalue weighted by Gasteiger charge is -2.22. The summed E-state index contributed by atoms with van der Waals surface area (Å²) in [5.41, 5.74) is 0.234. The summed E-state index contributed by atoms with van der Waals surface area (Å²) in [5.74, 6) is 0.543. The van der Waals surface area contributed by atoms with Crippen LogP contribution in [0.1, 0.15) is 12.8 Å². The van der Waals surface area contributed by atoms with Gasteiger partial charge in [0.1, 0.15) is 11.3 Å². The maximum atomic E-state index is 12.9. The van der Waals surface area contributed by atoms with E-state index in [1.807, 2.05) is 17.0 Å². The number of nitrogens with zero attached hydrogens (tertiary/aromatic N) is 1. The van der Waals surface area contributed by atoms with Crippen molar-refractivity contribution < 1.29 is 17.6 Å². The number of sulfonamides is 1. The smallest absolute Gasteiger partial charge is 0.363 e. The Kier molecular flexibility index (Phi) is 4.72. The van der Waals surface area contributed by atoms with Gasteiger partial charge in [-0.15, -0.1) is 0 Å². The fourth-order valence-corrected chi connectivity index (χ4v) is 4.50. The molecule has 0 amide bonds. The van der Waals surface area contributed by atoms with Gasteiger partial charge in [0.15, 0.2) is 5.69 Å². The first kappa shape index (κ1) is 18.4. The van der Waals surface area contributed by atoms with E-state index in [4.69, 9.17) is 9.15 Å². The van der Waals surface area contributed by atoms with Gasteiger partial charge in [-0.1, -0.05) is 12.1 Å². The molecule has 0 spiro atoms. The number of ether oxygens (including phenoxy) is 1. The van der Waals surface area contributed by atoms with Crippen LogP contribution >= 0.6 is 0 Å². The largest absolute Gasteiger partial charge is 0.497 e. The van der Waals surface area contributed by atoms with Gasteiger partial charge in [0.25, 0.3) is 10.0 Å². The van der Waals surface area contributed by atoms with Gasteiger partial charge >= 0.3 is 5.63 Å². The van der Waals surface area contributed by atoms with E-state index < -0.39 is 15.6 Å². The van der Waals surface area contributed by atoms with Crippen LogP contribution in [0.25, 0.3) is 11.0 Å². The zero-order chi connectivity index (χ0) is 19.7. The summed E-state index contributed by atoms with van der Waals surface area (Å²) in [7, 11) is -2.47. The van der Waals surface area contributed by atoms with Crippen molar-refractivity contribution in [2.24, 2.45) is 0 Å². The molecule has 1 N–H and O–H groups in total. The molecule has 0 unspecified atom stereocenters. The SMILES string of the molecule is COc1ccc(S(=O)(=O)Nc2c(N3CCCC3)c3ccccc3oc2=O)cc1. The van der Waals surface area contributed by atoms with Crippen LogP contribution < -0.4 is 20.0 Å². The number of hydrogen-bond donors (Lipinski definition) is 1. The van der Waals surface area contributed by atoms with Crippen LogP contribution in [0.4, 0.5) is 11.4 Å². The molecule has 3 aromatic rings. The van der Waals surface area contributed by atoms with E-state index >= 15 is 0 Å². The van der Waals surface area contributed by atoms with E-state index in [1.54, 1.807) is 24.3 Å². The van der Waals surface area contributed by atoms with E-state index in [9.17, 15) is 13.2 Å². The Bertz CT molecular complexity index is 1160. The average molecular weight is 400 g/mol. The molecule has 0 bridgehead atoms. The van der Waals surface area contributed by atoms with Crippen LogP contribution in [0, 0.1) is 0 Å². The molecule has 8 heteroatoms. The van der Waals surface area contributed by atoms with Crippen LogP contribution in [0.15, 0.2) is 62.6 Å². The molecule has 0 saturated carbocycles. The third-order valence-electron chi connectivity index (χ3n) is 4.81. The Morgan fingerprint density at radius 1 is 1.04 bits per heavy atom. The monoisotopic (exact) mass is 400 g/mol. The van der Waals surface area contributed by atoms with Crippen molar-refractivity contribution in [3.8, 4) is 5.75 Å². The summed E-state index contributed by atoms with van der Waals surface area (Å²) in [6.45, 7) is 1.51. The lowest BCUT2D eigenvalue weighted by Crippen LogP contribution is -2.25. The maximum absolute atomic E-state index is 12.9. The zero-order valence-corrected chi connectivity index (χ0v) is 16.2. The summed E-state index contributed by atoms with van der Waals surface area (Å²) in [6, 6.07) is 13.1. The molecular formula is C20H20N2O5S. The standard InChI is InChI=1S/C20H20N2O5S/c1-26-14-8-10-15(11-9-14)28(24,25)21-18-19(22-12-4-5-13-22)16-6-2-3-7-17(16)27-20(18)23/h2-3,6-11,21H,4-5,12-13H2,1H3. The van der Waals surface area contributed by atoms with Gasteiger partial charge in [0.05, 0.1) is 17.7 Å². The summed E-state index contributed by atoms with van der Waals surface area (Å²) < 4.78 is 38.7. The molecule has 4 rings (SSSR count). The molecule has 2 heterocycles. The predicted octanol–water partition coefficient (Wildman–Crippen LogP) is 3.20. The molecule has 7 nitrogen and oxygen atoms in total. The second-order valence-corrected chi connectivity index (χ2v) is 8.27.